The summed E-state index contributed by atoms with van der Waals surface area (Å²) in [5.41, 5.74) is 0.223. The number of carbonyl (C=O) groups is 2. The molecular weight excluding hydrogens is 823 g/mol. The Bertz CT molecular complexity index is 2560. The van der Waals surface area contributed by atoms with Gasteiger partial charge in [0.15, 0.2) is 34.5 Å². The number of carbonyl (C=O) groups excluding carboxylic acids is 2. The third-order valence-corrected chi connectivity index (χ3v) is 12.6. The van der Waals surface area contributed by atoms with Crippen molar-refractivity contribution < 1.29 is 66.3 Å². The second-order valence-corrected chi connectivity index (χ2v) is 17.1. The molecule has 8 N–H and O–H groups in total. The van der Waals surface area contributed by atoms with Crippen molar-refractivity contribution in [2.45, 2.75) is 24.0 Å². The van der Waals surface area contributed by atoms with E-state index in [2.05, 4.69) is 15.4 Å². The van der Waals surface area contributed by atoms with Crippen molar-refractivity contribution in [1.29, 1.82) is 5.26 Å². The van der Waals surface area contributed by atoms with Crippen LogP contribution in [0.2, 0.25) is 0 Å². The number of phenols is 4. The van der Waals surface area contributed by atoms with Crippen LogP contribution in [0.1, 0.15) is 45.2 Å². The average Bonchev–Trinajstić information content (AvgIpc) is 3.55. The number of nitrogens with zero attached hydrogens (tertiary/aromatic N) is 1. The molecule has 17 nitrogen and oxygen atoms in total. The van der Waals surface area contributed by atoms with Gasteiger partial charge in [0.25, 0.3) is 21.8 Å². The van der Waals surface area contributed by atoms with Gasteiger partial charge in [-0.25, -0.2) is 17.4 Å². The molecule has 0 aliphatic carbocycles. The van der Waals surface area contributed by atoms with Gasteiger partial charge >= 0.3 is 7.60 Å². The fraction of sp³-hybridized carbons (Fsp3) is 0.216. The molecular formula is C37H36FN4O13PS2. The molecule has 5 aromatic rings. The first-order valence-corrected chi connectivity index (χ1v) is 21.2. The molecule has 5 rings (SSSR count). The topological polar surface area (TPSA) is 274 Å². The Kier molecular flexibility index (Phi) is 13.7. The summed E-state index contributed by atoms with van der Waals surface area (Å²) in [4.78, 5) is 35.5. The SMILES string of the molecule is CCc1c(S(=O)(=O)NCP(=O)(O)Oc2ccc(C#N)c(F)c2)sc2cc(OCCNC(=O)c3ccc(O)c(O)c3)c(OCCCNC(=O)c3ccc(O)c(O)c3)cc12. The lowest BCUT2D eigenvalue weighted by Gasteiger charge is -2.15. The van der Waals surface area contributed by atoms with Gasteiger partial charge in [-0.15, -0.1) is 11.3 Å². The molecule has 0 aliphatic rings. The van der Waals surface area contributed by atoms with Gasteiger partial charge in [-0.05, 0) is 73.0 Å². The molecule has 4 aromatic carbocycles. The second-order valence-electron chi connectivity index (χ2n) is 12.3. The van der Waals surface area contributed by atoms with Crippen molar-refractivity contribution in [3.8, 4) is 46.3 Å². The number of nitriles is 1. The number of benzene rings is 4. The number of fused-ring (bicyclic) bond motifs is 1. The molecule has 58 heavy (non-hydrogen) atoms. The van der Waals surface area contributed by atoms with E-state index in [0.717, 1.165) is 47.7 Å². The normalized spacial score (nSPS) is 12.3. The van der Waals surface area contributed by atoms with Gasteiger partial charge in [-0.1, -0.05) is 6.92 Å². The van der Waals surface area contributed by atoms with Crippen LogP contribution >= 0.6 is 18.9 Å². The zero-order valence-electron chi connectivity index (χ0n) is 30.4. The highest BCUT2D eigenvalue weighted by molar-refractivity contribution is 7.92. The van der Waals surface area contributed by atoms with Crippen LogP contribution in [-0.4, -0.2) is 78.1 Å². The molecule has 0 saturated heterocycles. The molecule has 0 bridgehead atoms. The standard InChI is InChI=1S/C37H36FN4O13PS2/c1-2-25-26-17-32(53-12-3-10-40-35(47)21-5-8-28(43)30(45)14-21)33(54-13-11-41-36(48)22-6-9-29(44)31(46)15-22)18-34(26)57-37(25)58(51,52)42-20-56(49,50)55-24-7-4-23(19-39)27(38)16-24/h4-9,14-18,42-46H,2-3,10-13,20H2,1H3,(H,40,47)(H,41,48)(H,49,50). The predicted molar refractivity (Wildman–Crippen MR) is 208 cm³/mol. The van der Waals surface area contributed by atoms with Crippen LogP contribution < -0.4 is 29.4 Å². The minimum Gasteiger partial charge on any atom is -0.504 e. The number of aromatic hydroxyl groups is 4. The van der Waals surface area contributed by atoms with E-state index in [4.69, 9.17) is 19.3 Å². The Hall–Kier alpha value is -6.10. The van der Waals surface area contributed by atoms with Crippen LogP contribution in [0.3, 0.4) is 0 Å². The summed E-state index contributed by atoms with van der Waals surface area (Å²) in [5.74, 6) is -3.81. The highest BCUT2D eigenvalue weighted by atomic mass is 32.2. The number of rotatable bonds is 18. The quantitative estimate of drug-likeness (QED) is 0.0334. The van der Waals surface area contributed by atoms with E-state index in [-0.39, 0.29) is 77.3 Å². The van der Waals surface area contributed by atoms with Crippen LogP contribution in [0, 0.1) is 17.1 Å². The van der Waals surface area contributed by atoms with Crippen LogP contribution in [0.25, 0.3) is 10.1 Å². The fourth-order valence-corrected chi connectivity index (χ4v) is 9.77. The van der Waals surface area contributed by atoms with E-state index < -0.39 is 64.5 Å². The highest BCUT2D eigenvalue weighted by Gasteiger charge is 2.30. The first-order valence-electron chi connectivity index (χ1n) is 17.2. The van der Waals surface area contributed by atoms with E-state index in [1.807, 2.05) is 0 Å². The number of ether oxygens (including phenoxy) is 2. The minimum atomic E-state index is -4.72. The maximum Gasteiger partial charge on any atom is 0.391 e. The summed E-state index contributed by atoms with van der Waals surface area (Å²) >= 11 is 0.845. The van der Waals surface area contributed by atoms with Gasteiger partial charge in [-0.3, -0.25) is 9.59 Å². The molecule has 1 aromatic heterocycles. The molecule has 306 valence electrons. The van der Waals surface area contributed by atoms with Crippen molar-refractivity contribution in [2.75, 3.05) is 32.6 Å². The number of sulfonamides is 1. The average molecular weight is 859 g/mol. The first kappa shape index (κ1) is 43.0. The Morgan fingerprint density at radius 1 is 0.845 bits per heavy atom. The number of thiophene rings is 1. The van der Waals surface area contributed by atoms with Crippen LogP contribution in [-0.2, 0) is 21.0 Å². The molecule has 0 spiro atoms. The Morgan fingerprint density at radius 3 is 2.03 bits per heavy atom. The lowest BCUT2D eigenvalue weighted by atomic mass is 10.1. The number of phenolic OH excluding ortho intramolecular Hbond substituents is 4. The smallest absolute Gasteiger partial charge is 0.391 e. The molecule has 21 heteroatoms. The number of hydrogen-bond donors (Lipinski definition) is 8. The van der Waals surface area contributed by atoms with Crippen molar-refractivity contribution >= 4 is 50.9 Å². The van der Waals surface area contributed by atoms with E-state index in [1.54, 1.807) is 19.1 Å². The lowest BCUT2D eigenvalue weighted by molar-refractivity contribution is 0.0941. The fourth-order valence-electron chi connectivity index (χ4n) is 5.30. The minimum absolute atomic E-state index is 0.0244. The number of halogens is 1. The molecule has 2 amide bonds. The van der Waals surface area contributed by atoms with Crippen LogP contribution in [0.5, 0.6) is 40.2 Å². The molecule has 1 unspecified atom stereocenters. The summed E-state index contributed by atoms with van der Waals surface area (Å²) in [6.45, 7) is 1.77. The molecule has 0 fully saturated rings. The lowest BCUT2D eigenvalue weighted by Crippen LogP contribution is -2.28. The van der Waals surface area contributed by atoms with Crippen molar-refractivity contribution in [1.82, 2.24) is 15.4 Å². The maximum absolute atomic E-state index is 14.0. The monoisotopic (exact) mass is 858 g/mol. The zero-order chi connectivity index (χ0) is 42.2. The predicted octanol–water partition coefficient (Wildman–Crippen LogP) is 4.80. The van der Waals surface area contributed by atoms with Gasteiger partial charge in [-0.2, -0.15) is 9.98 Å². The highest BCUT2D eigenvalue weighted by Crippen LogP contribution is 2.44. The first-order chi connectivity index (χ1) is 27.5. The van der Waals surface area contributed by atoms with Gasteiger partial charge in [0.05, 0.1) is 18.7 Å². The van der Waals surface area contributed by atoms with E-state index in [9.17, 15) is 52.3 Å². The summed E-state index contributed by atoms with van der Waals surface area (Å²) in [6, 6.07) is 14.8. The maximum atomic E-state index is 14.0. The number of hydrogen-bond acceptors (Lipinski definition) is 14. The van der Waals surface area contributed by atoms with Gasteiger partial charge < -0.3 is 50.0 Å². The molecule has 0 saturated carbocycles. The second kappa shape index (κ2) is 18.4. The van der Waals surface area contributed by atoms with Gasteiger partial charge in [0.1, 0.15) is 34.7 Å². The Balaban J connectivity index is 1.32. The van der Waals surface area contributed by atoms with E-state index in [1.165, 1.54) is 24.3 Å². The molecule has 1 heterocycles. The van der Waals surface area contributed by atoms with Crippen molar-refractivity contribution in [3.05, 3.63) is 94.8 Å². The summed E-state index contributed by atoms with van der Waals surface area (Å²) in [5, 5.41) is 53.1. The van der Waals surface area contributed by atoms with Gasteiger partial charge in [0, 0.05) is 39.9 Å². The van der Waals surface area contributed by atoms with E-state index >= 15 is 0 Å². The summed E-state index contributed by atoms with van der Waals surface area (Å²) in [6.07, 6.45) is -0.586. The molecule has 0 radical (unpaired) electrons. The van der Waals surface area contributed by atoms with Crippen molar-refractivity contribution in [3.63, 3.8) is 0 Å². The Morgan fingerprint density at radius 2 is 1.45 bits per heavy atom. The van der Waals surface area contributed by atoms with Crippen LogP contribution in [0.4, 0.5) is 4.39 Å². The third-order valence-electron chi connectivity index (χ3n) is 8.17. The zero-order valence-corrected chi connectivity index (χ0v) is 32.9. The third kappa shape index (κ3) is 10.6. The Labute approximate surface area is 334 Å². The number of amides is 2. The number of nitrogens with one attached hydrogen (secondary N) is 3. The largest absolute Gasteiger partial charge is 0.504 e. The van der Waals surface area contributed by atoms with Gasteiger partial charge in [0.2, 0.25) is 0 Å². The van der Waals surface area contributed by atoms with Crippen LogP contribution in [0.15, 0.2) is 70.9 Å². The summed E-state index contributed by atoms with van der Waals surface area (Å²) < 4.78 is 73.3. The van der Waals surface area contributed by atoms with E-state index in [0.29, 0.717) is 15.6 Å². The molecule has 1 atom stereocenters. The summed E-state index contributed by atoms with van der Waals surface area (Å²) in [7, 11) is -9.17. The number of aryl methyl sites for hydroxylation is 1. The molecule has 0 aliphatic heterocycles. The van der Waals surface area contributed by atoms with Crippen molar-refractivity contribution in [2.24, 2.45) is 0 Å².